The van der Waals surface area contributed by atoms with Gasteiger partial charge in [-0.15, -0.1) is 11.3 Å². The summed E-state index contributed by atoms with van der Waals surface area (Å²) >= 11 is 3.17. The molecule has 10 heteroatoms. The predicted octanol–water partition coefficient (Wildman–Crippen LogP) is 5.60. The molecule has 2 aromatic heterocycles. The summed E-state index contributed by atoms with van der Waals surface area (Å²) in [6, 6.07) is 0. The molecule has 1 N–H and O–H groups in total. The standard InChI is InChI=1S/C28H36N4O3S3/c1-18-11-13-32(14-12-18)38(34,35)21-8-6-20(7-9-21)31-24(33)16-36-26-25-22-10-5-19(28(2,3)4)15-23(22)37-27(25)30-17-29-26/h6-9,17-19H,5,10-16H2,1-4H3,(H,34,35)/t19-/m1/s1. The zero-order valence-electron chi connectivity index (χ0n) is 22.5. The first kappa shape index (κ1) is 27.7. The second-order valence-corrected chi connectivity index (χ2v) is 15.6. The van der Waals surface area contributed by atoms with Gasteiger partial charge in [0.05, 0.1) is 16.3 Å². The maximum absolute atomic E-state index is 13.1. The van der Waals surface area contributed by atoms with Gasteiger partial charge in [0.2, 0.25) is 0 Å². The summed E-state index contributed by atoms with van der Waals surface area (Å²) in [4.78, 5) is 28.8. The molecule has 0 bridgehead atoms. The van der Waals surface area contributed by atoms with E-state index in [4.69, 9.17) is 0 Å². The summed E-state index contributed by atoms with van der Waals surface area (Å²) in [7, 11) is -3.27. The summed E-state index contributed by atoms with van der Waals surface area (Å²) < 4.78 is 25.5. The van der Waals surface area contributed by atoms with Gasteiger partial charge in [-0.3, -0.25) is 4.79 Å². The van der Waals surface area contributed by atoms with Crippen LogP contribution in [-0.4, -0.2) is 58.4 Å². The minimum atomic E-state index is -3.27. The molecular formula is C28H36N4O3S3. The molecule has 1 unspecified atom stereocenters. The Morgan fingerprint density at radius 1 is 1.18 bits per heavy atom. The van der Waals surface area contributed by atoms with Crippen LogP contribution in [0.4, 0.5) is 0 Å². The fraction of sp³-hybridized carbons (Fsp3) is 0.536. The molecule has 204 valence electrons. The summed E-state index contributed by atoms with van der Waals surface area (Å²) in [6.07, 6.45) is 13.2. The van der Waals surface area contributed by atoms with Gasteiger partial charge in [-0.1, -0.05) is 39.5 Å². The Kier molecular flexibility index (Phi) is 7.99. The Morgan fingerprint density at radius 2 is 1.89 bits per heavy atom. The van der Waals surface area contributed by atoms with Gasteiger partial charge in [-0.2, -0.15) is 0 Å². The Labute approximate surface area is 233 Å². The molecular weight excluding hydrogens is 537 g/mol. The number of allylic oxidation sites excluding steroid dienone is 4. The fourth-order valence-corrected chi connectivity index (χ4v) is 8.95. The number of thiophene rings is 1. The van der Waals surface area contributed by atoms with Gasteiger partial charge in [0.15, 0.2) is 9.99 Å². The lowest BCUT2D eigenvalue weighted by atomic mass is 9.72. The van der Waals surface area contributed by atoms with Gasteiger partial charge in [0.1, 0.15) is 16.2 Å². The first-order valence-electron chi connectivity index (χ1n) is 13.3. The molecule has 0 radical (unpaired) electrons. The van der Waals surface area contributed by atoms with E-state index in [0.717, 1.165) is 47.3 Å². The molecule has 3 heterocycles. The smallest absolute Gasteiger partial charge is 0.256 e. The van der Waals surface area contributed by atoms with Gasteiger partial charge in [-0.05, 0) is 79.2 Å². The van der Waals surface area contributed by atoms with Crippen molar-refractivity contribution in [3.63, 3.8) is 0 Å². The minimum absolute atomic E-state index is 0.172. The van der Waals surface area contributed by atoms with Crippen LogP contribution >= 0.6 is 23.1 Å². The van der Waals surface area contributed by atoms with Crippen molar-refractivity contribution in [2.45, 2.75) is 64.8 Å². The van der Waals surface area contributed by atoms with Crippen LogP contribution in [-0.2, 0) is 27.6 Å². The van der Waals surface area contributed by atoms with Gasteiger partial charge < -0.3 is 4.55 Å². The van der Waals surface area contributed by atoms with Crippen molar-refractivity contribution in [1.29, 1.82) is 0 Å². The van der Waals surface area contributed by atoms with E-state index in [1.807, 2.05) is 0 Å². The average molecular weight is 573 g/mol. The van der Waals surface area contributed by atoms with Crippen molar-refractivity contribution in [2.75, 3.05) is 18.8 Å². The molecule has 2 atom stereocenters. The molecule has 1 aliphatic heterocycles. The maximum atomic E-state index is 13.1. The summed E-state index contributed by atoms with van der Waals surface area (Å²) in [6.45, 7) is 10.3. The topological polar surface area (TPSA) is 95.8 Å². The minimum Gasteiger partial charge on any atom is -0.302 e. The summed E-state index contributed by atoms with van der Waals surface area (Å²) in [5.74, 6) is 1.14. The number of aromatic nitrogens is 2. The Balaban J connectivity index is 1.26. The van der Waals surface area contributed by atoms with Crippen molar-refractivity contribution in [3.8, 4) is 0 Å². The van der Waals surface area contributed by atoms with Crippen LogP contribution in [0.15, 0.2) is 40.6 Å². The van der Waals surface area contributed by atoms with Crippen LogP contribution in [0.5, 0.6) is 0 Å². The van der Waals surface area contributed by atoms with Gasteiger partial charge >= 0.3 is 0 Å². The van der Waals surface area contributed by atoms with E-state index in [2.05, 4.69) is 42.7 Å². The van der Waals surface area contributed by atoms with E-state index >= 15 is 0 Å². The Morgan fingerprint density at radius 3 is 2.58 bits per heavy atom. The number of carbonyl (C=O) groups excluding carboxylic acids is 1. The van der Waals surface area contributed by atoms with Crippen LogP contribution in [0.25, 0.3) is 10.2 Å². The fourth-order valence-electron chi connectivity index (χ4n) is 5.32. The molecule has 0 spiro atoms. The highest BCUT2D eigenvalue weighted by atomic mass is 32.2. The molecule has 2 aliphatic carbocycles. The number of aliphatic imine (C=N–C) groups is 1. The van der Waals surface area contributed by atoms with Crippen molar-refractivity contribution >= 4 is 59.8 Å². The first-order chi connectivity index (χ1) is 18.0. The van der Waals surface area contributed by atoms with Gasteiger partial charge in [0, 0.05) is 23.4 Å². The molecule has 5 rings (SSSR count). The Hall–Kier alpha value is -1.85. The molecule has 7 nitrogen and oxygen atoms in total. The largest absolute Gasteiger partial charge is 0.302 e. The molecule has 0 saturated carbocycles. The second-order valence-electron chi connectivity index (χ2n) is 11.6. The van der Waals surface area contributed by atoms with Crippen LogP contribution in [0, 0.1) is 17.3 Å². The Bertz CT molecular complexity index is 1430. The van der Waals surface area contributed by atoms with E-state index in [1.165, 1.54) is 22.2 Å². The highest BCUT2D eigenvalue weighted by molar-refractivity contribution is 8.00. The zero-order chi connectivity index (χ0) is 27.1. The molecule has 3 aliphatic rings. The van der Waals surface area contributed by atoms with E-state index in [1.54, 1.807) is 46.3 Å². The van der Waals surface area contributed by atoms with E-state index < -0.39 is 9.99 Å². The van der Waals surface area contributed by atoms with E-state index in [-0.39, 0.29) is 17.1 Å². The van der Waals surface area contributed by atoms with Crippen molar-refractivity contribution < 1.29 is 13.6 Å². The number of rotatable bonds is 4. The average Bonchev–Trinajstić information content (AvgIpc) is 3.26. The first-order valence-corrected chi connectivity index (χ1v) is 16.5. The van der Waals surface area contributed by atoms with Gasteiger partial charge in [0.25, 0.3) is 5.91 Å². The summed E-state index contributed by atoms with van der Waals surface area (Å²) in [5.41, 5.74) is 2.11. The number of nitrogens with zero attached hydrogens (tertiary/aromatic N) is 4. The molecule has 1 saturated heterocycles. The third-order valence-corrected chi connectivity index (χ3v) is 11.9. The number of amides is 1. The third-order valence-electron chi connectivity index (χ3n) is 7.86. The molecule has 0 aromatic carbocycles. The number of fused-ring (bicyclic) bond motifs is 3. The second kappa shape index (κ2) is 11.0. The number of carbonyl (C=O) groups is 1. The molecule has 1 amide bonds. The number of hydrogen-bond donors (Lipinski definition) is 1. The quantitative estimate of drug-likeness (QED) is 0.291. The SMILES string of the molecule is CC1CCN(S(=O)(O)=C2C=CC(=NC(=O)CSc3ncnc4sc5c(c34)CC[C@@H](C(C)(C)C)C5)C=C2)CC1. The number of piperidine rings is 1. The number of hydrogen-bond acceptors (Lipinski definition) is 6. The van der Waals surface area contributed by atoms with Crippen molar-refractivity contribution in [3.05, 3.63) is 41.1 Å². The van der Waals surface area contributed by atoms with Crippen LogP contribution in [0.1, 0.15) is 57.4 Å². The third kappa shape index (κ3) is 5.84. The number of thioether (sulfide) groups is 1. The van der Waals surface area contributed by atoms with E-state index in [9.17, 15) is 13.6 Å². The van der Waals surface area contributed by atoms with Crippen LogP contribution in [0.3, 0.4) is 0 Å². The predicted molar refractivity (Wildman–Crippen MR) is 160 cm³/mol. The van der Waals surface area contributed by atoms with Gasteiger partial charge in [-0.25, -0.2) is 23.5 Å². The summed E-state index contributed by atoms with van der Waals surface area (Å²) in [5, 5.41) is 1.95. The molecule has 2 aromatic rings. The highest BCUT2D eigenvalue weighted by Gasteiger charge is 2.32. The lowest BCUT2D eigenvalue weighted by Gasteiger charge is -2.33. The van der Waals surface area contributed by atoms with Crippen molar-refractivity contribution in [1.82, 2.24) is 14.3 Å². The zero-order valence-corrected chi connectivity index (χ0v) is 24.9. The normalized spacial score (nSPS) is 22.5. The highest BCUT2D eigenvalue weighted by Crippen LogP contribution is 2.44. The molecule has 1 fully saturated rings. The number of aryl methyl sites for hydroxylation is 1. The van der Waals surface area contributed by atoms with Crippen molar-refractivity contribution in [2.24, 2.45) is 22.2 Å². The van der Waals surface area contributed by atoms with Crippen LogP contribution < -0.4 is 0 Å². The lowest BCUT2D eigenvalue weighted by Crippen LogP contribution is -2.40. The maximum Gasteiger partial charge on any atom is 0.256 e. The van der Waals surface area contributed by atoms with Crippen LogP contribution in [0.2, 0.25) is 0 Å². The molecule has 38 heavy (non-hydrogen) atoms. The lowest BCUT2D eigenvalue weighted by molar-refractivity contribution is -0.115. The van der Waals surface area contributed by atoms with E-state index in [0.29, 0.717) is 35.5 Å². The monoisotopic (exact) mass is 572 g/mol.